The molecule has 0 spiro atoms. The van der Waals surface area contributed by atoms with E-state index in [1.165, 1.54) is 16.3 Å². The van der Waals surface area contributed by atoms with Crippen LogP contribution in [0.1, 0.15) is 97.9 Å². The van der Waals surface area contributed by atoms with Crippen LogP contribution in [0.5, 0.6) is 0 Å². The number of ether oxygens (including phenoxy) is 1. The zero-order chi connectivity index (χ0) is 41.6. The molecule has 1 aromatic heterocycles. The summed E-state index contributed by atoms with van der Waals surface area (Å²) in [4.78, 5) is 61.1. The Bertz CT molecular complexity index is 2420. The van der Waals surface area contributed by atoms with Gasteiger partial charge in [-0.15, -0.1) is 0 Å². The number of hydrogen-bond donors (Lipinski definition) is 1. The van der Waals surface area contributed by atoms with E-state index in [2.05, 4.69) is 24.6 Å². The molecule has 1 unspecified atom stereocenters. The van der Waals surface area contributed by atoms with Gasteiger partial charge < -0.3 is 19.4 Å². The Morgan fingerprint density at radius 3 is 2.24 bits per heavy atom. The van der Waals surface area contributed by atoms with Gasteiger partial charge in [-0.05, 0) is 90.6 Å². The Kier molecular flexibility index (Phi) is 13.2. The van der Waals surface area contributed by atoms with E-state index in [0.29, 0.717) is 86.1 Å². The van der Waals surface area contributed by atoms with Crippen LogP contribution in [0.25, 0.3) is 16.5 Å². The molecule has 0 saturated carbocycles. The highest BCUT2D eigenvalue weighted by molar-refractivity contribution is 7.83. The van der Waals surface area contributed by atoms with Crippen molar-refractivity contribution in [2.45, 2.75) is 64.3 Å². The van der Waals surface area contributed by atoms with Gasteiger partial charge in [-0.2, -0.15) is 5.10 Å². The second-order valence-corrected chi connectivity index (χ2v) is 16.6. The molecule has 1 atom stereocenters. The molecular weight excluding hydrogens is 788 g/mol. The Labute approximate surface area is 352 Å². The number of rotatable bonds is 13. The smallest absolute Gasteiger partial charge is 0.275 e. The van der Waals surface area contributed by atoms with Gasteiger partial charge in [0.05, 0.1) is 40.1 Å². The Hall–Kier alpha value is -5.37. The van der Waals surface area contributed by atoms with Crippen LogP contribution in [-0.4, -0.2) is 98.3 Å². The first-order valence-corrected chi connectivity index (χ1v) is 21.8. The van der Waals surface area contributed by atoms with Gasteiger partial charge in [-0.25, -0.2) is 8.89 Å². The number of morpholine rings is 1. The molecule has 14 heteroatoms. The second kappa shape index (κ2) is 18.7. The predicted octanol–water partition coefficient (Wildman–Crippen LogP) is 7.15. The summed E-state index contributed by atoms with van der Waals surface area (Å²) in [5.41, 5.74) is 3.95. The number of fused-ring (bicyclic) bond motifs is 2. The number of aromatic nitrogens is 2. The summed E-state index contributed by atoms with van der Waals surface area (Å²) in [5.74, 6) is -1.35. The Balaban J connectivity index is 1.19. The molecule has 5 aromatic rings. The topological polar surface area (TPSA) is 134 Å². The lowest BCUT2D eigenvalue weighted by Gasteiger charge is -2.29. The summed E-state index contributed by atoms with van der Waals surface area (Å²) >= 11 is 6.85. The minimum Gasteiger partial charge on any atom is -0.378 e. The van der Waals surface area contributed by atoms with E-state index in [1.807, 2.05) is 24.3 Å². The van der Waals surface area contributed by atoms with E-state index in [1.54, 1.807) is 64.1 Å². The molecule has 3 heterocycles. The SMILES string of the molecule is CCCCN(CCCC)C(=O)c1nn(-c2ccc(C(=O)NS(=O)c3ccc4ccc(C(=O)N5CCOCC5)cc4c3)cc2C(=O)N2CCc3ccccc3C2)c(C)c1Cl. The molecule has 4 amide bonds. The summed E-state index contributed by atoms with van der Waals surface area (Å²) in [5, 5.41) is 6.47. The van der Waals surface area contributed by atoms with E-state index in [4.69, 9.17) is 21.4 Å². The highest BCUT2D eigenvalue weighted by atomic mass is 35.5. The maximum absolute atomic E-state index is 14.6. The van der Waals surface area contributed by atoms with E-state index in [0.717, 1.165) is 36.6 Å². The van der Waals surface area contributed by atoms with Gasteiger partial charge in [0, 0.05) is 50.4 Å². The van der Waals surface area contributed by atoms with Gasteiger partial charge in [0.1, 0.15) is 0 Å². The first-order valence-electron chi connectivity index (χ1n) is 20.3. The molecule has 0 bridgehead atoms. The van der Waals surface area contributed by atoms with Crippen LogP contribution in [0.2, 0.25) is 5.02 Å². The fourth-order valence-corrected chi connectivity index (χ4v) is 8.54. The molecule has 59 heavy (non-hydrogen) atoms. The summed E-state index contributed by atoms with van der Waals surface area (Å²) < 4.78 is 23.2. The maximum atomic E-state index is 14.6. The summed E-state index contributed by atoms with van der Waals surface area (Å²) in [6, 6.07) is 23.2. The molecule has 12 nitrogen and oxygen atoms in total. The van der Waals surface area contributed by atoms with Crippen LogP contribution in [0.3, 0.4) is 0 Å². The molecule has 2 aliphatic heterocycles. The molecule has 2 aliphatic rings. The van der Waals surface area contributed by atoms with Gasteiger partial charge >= 0.3 is 0 Å². The summed E-state index contributed by atoms with van der Waals surface area (Å²) in [6.45, 7) is 9.91. The highest BCUT2D eigenvalue weighted by Gasteiger charge is 2.30. The molecule has 1 fully saturated rings. The number of nitrogens with zero attached hydrogens (tertiary/aromatic N) is 5. The van der Waals surface area contributed by atoms with Crippen molar-refractivity contribution >= 4 is 57.0 Å². The Morgan fingerprint density at radius 2 is 1.51 bits per heavy atom. The molecule has 1 N–H and O–H groups in total. The van der Waals surface area contributed by atoms with Crippen LogP contribution in [0.4, 0.5) is 0 Å². The molecule has 0 aliphatic carbocycles. The Morgan fingerprint density at radius 1 is 0.814 bits per heavy atom. The van der Waals surface area contributed by atoms with E-state index < -0.39 is 16.9 Å². The third-order valence-corrected chi connectivity index (χ3v) is 12.5. The first-order chi connectivity index (χ1) is 28.6. The monoisotopic (exact) mass is 836 g/mol. The van der Waals surface area contributed by atoms with Gasteiger partial charge in [-0.3, -0.25) is 23.9 Å². The normalized spacial score (nSPS) is 14.5. The van der Waals surface area contributed by atoms with Crippen molar-refractivity contribution in [3.8, 4) is 5.69 Å². The van der Waals surface area contributed by atoms with Crippen molar-refractivity contribution in [2.24, 2.45) is 0 Å². The third kappa shape index (κ3) is 9.12. The summed E-state index contributed by atoms with van der Waals surface area (Å²) in [6.07, 6.45) is 4.21. The number of carbonyl (C=O) groups is 4. The largest absolute Gasteiger partial charge is 0.378 e. The molecule has 0 radical (unpaired) electrons. The fraction of sp³-hybridized carbons (Fsp3) is 0.356. The number of unbranched alkanes of at least 4 members (excludes halogenated alkanes) is 2. The van der Waals surface area contributed by atoms with Gasteiger partial charge in [0.25, 0.3) is 23.6 Å². The zero-order valence-corrected chi connectivity index (χ0v) is 35.2. The summed E-state index contributed by atoms with van der Waals surface area (Å²) in [7, 11) is -1.98. The number of benzene rings is 4. The maximum Gasteiger partial charge on any atom is 0.275 e. The van der Waals surface area contributed by atoms with Crippen LogP contribution in [-0.2, 0) is 28.7 Å². The lowest BCUT2D eigenvalue weighted by molar-refractivity contribution is 0.0303. The van der Waals surface area contributed by atoms with E-state index in [9.17, 15) is 23.4 Å². The quantitative estimate of drug-likeness (QED) is 0.133. The number of nitrogens with one attached hydrogen (secondary N) is 1. The number of halogens is 1. The minimum atomic E-state index is -1.98. The van der Waals surface area contributed by atoms with Gasteiger partial charge in [0.2, 0.25) is 0 Å². The van der Waals surface area contributed by atoms with E-state index >= 15 is 0 Å². The van der Waals surface area contributed by atoms with Crippen LogP contribution in [0, 0.1) is 6.92 Å². The van der Waals surface area contributed by atoms with Crippen molar-refractivity contribution in [3.05, 3.63) is 123 Å². The van der Waals surface area contributed by atoms with Crippen molar-refractivity contribution in [1.29, 1.82) is 0 Å². The first kappa shape index (κ1) is 41.8. The number of carbonyl (C=O) groups excluding carboxylic acids is 4. The standard InChI is InChI=1S/C45H49ClN6O6S/c1-4-6-19-49(20-7-5-2)45(56)41-40(46)30(3)52(47-41)39-17-15-33(28-38(39)44(55)51-21-18-31-10-8-9-11-35(31)29-51)42(53)48-59(57)37-16-14-32-12-13-34(26-36(32)27-37)43(54)50-22-24-58-25-23-50/h8-17,26-28H,4-7,18-25,29H2,1-3H3,(H,48,53). The van der Waals surface area contributed by atoms with Crippen LogP contribution < -0.4 is 4.72 Å². The van der Waals surface area contributed by atoms with E-state index in [-0.39, 0.29) is 39.6 Å². The second-order valence-electron chi connectivity index (χ2n) is 15.0. The molecule has 1 saturated heterocycles. The predicted molar refractivity (Wildman–Crippen MR) is 228 cm³/mol. The lowest BCUT2D eigenvalue weighted by Crippen LogP contribution is -2.40. The average molecular weight is 837 g/mol. The highest BCUT2D eigenvalue weighted by Crippen LogP contribution is 2.29. The van der Waals surface area contributed by atoms with Crippen molar-refractivity contribution in [1.82, 2.24) is 29.2 Å². The molecule has 4 aromatic carbocycles. The van der Waals surface area contributed by atoms with Gasteiger partial charge in [0.15, 0.2) is 16.7 Å². The van der Waals surface area contributed by atoms with Crippen LogP contribution in [0.15, 0.2) is 83.8 Å². The van der Waals surface area contributed by atoms with Crippen molar-refractivity contribution < 1.29 is 28.1 Å². The van der Waals surface area contributed by atoms with Crippen LogP contribution >= 0.6 is 11.6 Å². The molecule has 7 rings (SSSR count). The van der Waals surface area contributed by atoms with Gasteiger partial charge in [-0.1, -0.05) is 74.7 Å². The molecule has 308 valence electrons. The molecular formula is C45H49ClN6O6S. The average Bonchev–Trinajstić information content (AvgIpc) is 3.57. The van der Waals surface area contributed by atoms with Crippen molar-refractivity contribution in [3.63, 3.8) is 0 Å². The minimum absolute atomic E-state index is 0.103. The zero-order valence-electron chi connectivity index (χ0n) is 33.7. The fourth-order valence-electron chi connectivity index (χ4n) is 7.51. The van der Waals surface area contributed by atoms with Crippen molar-refractivity contribution in [2.75, 3.05) is 45.9 Å². The number of amides is 4. The lowest BCUT2D eigenvalue weighted by atomic mass is 9.98. The third-order valence-electron chi connectivity index (χ3n) is 11.0. The number of hydrogen-bond acceptors (Lipinski definition) is 7.